The average molecular weight is 247 g/mol. The molecule has 3 nitrogen and oxygen atoms in total. The van der Waals surface area contributed by atoms with Gasteiger partial charge in [0.15, 0.2) is 0 Å². The van der Waals surface area contributed by atoms with E-state index in [1.807, 2.05) is 19.1 Å². The van der Waals surface area contributed by atoms with Crippen LogP contribution in [-0.2, 0) is 4.79 Å². The van der Waals surface area contributed by atoms with Crippen molar-refractivity contribution in [1.29, 1.82) is 0 Å². The van der Waals surface area contributed by atoms with Crippen molar-refractivity contribution in [2.45, 2.75) is 52.1 Å². The number of carbonyl (C=O) groups is 1. The summed E-state index contributed by atoms with van der Waals surface area (Å²) < 4.78 is 5.94. The molecule has 0 radical (unpaired) electrons. The summed E-state index contributed by atoms with van der Waals surface area (Å²) in [5.41, 5.74) is 1.09. The van der Waals surface area contributed by atoms with E-state index >= 15 is 0 Å². The van der Waals surface area contributed by atoms with E-state index in [4.69, 9.17) is 4.74 Å². The van der Waals surface area contributed by atoms with Gasteiger partial charge in [0.05, 0.1) is 0 Å². The van der Waals surface area contributed by atoms with E-state index in [0.29, 0.717) is 11.7 Å². The molecule has 0 aromatic carbocycles. The molecule has 2 rings (SSSR count). The van der Waals surface area contributed by atoms with Crippen molar-refractivity contribution in [1.82, 2.24) is 4.98 Å². The lowest BCUT2D eigenvalue weighted by Gasteiger charge is -2.28. The summed E-state index contributed by atoms with van der Waals surface area (Å²) in [5, 5.41) is 0. The number of aryl methyl sites for hydroxylation is 1. The zero-order valence-electron chi connectivity index (χ0n) is 11.2. The molecule has 0 atom stereocenters. The quantitative estimate of drug-likeness (QED) is 0.819. The molecule has 1 aliphatic carbocycles. The number of aromatic nitrogens is 1. The van der Waals surface area contributed by atoms with Gasteiger partial charge in [0.25, 0.3) is 0 Å². The summed E-state index contributed by atoms with van der Waals surface area (Å²) in [7, 11) is 0. The average Bonchev–Trinajstić information content (AvgIpc) is 2.34. The monoisotopic (exact) mass is 247 g/mol. The summed E-state index contributed by atoms with van der Waals surface area (Å²) in [6.07, 6.45) is 7.02. The van der Waals surface area contributed by atoms with E-state index in [1.165, 1.54) is 0 Å². The molecular weight excluding hydrogens is 226 g/mol. The summed E-state index contributed by atoms with van der Waals surface area (Å²) in [5.74, 6) is 1.62. The van der Waals surface area contributed by atoms with Crippen LogP contribution in [-0.4, -0.2) is 16.9 Å². The molecule has 0 N–H and O–H groups in total. The van der Waals surface area contributed by atoms with Crippen LogP contribution in [0.15, 0.2) is 18.3 Å². The Morgan fingerprint density at radius 1 is 1.39 bits per heavy atom. The van der Waals surface area contributed by atoms with Gasteiger partial charge in [-0.2, -0.15) is 0 Å². The molecule has 0 bridgehead atoms. The standard InChI is InChI=1S/C15H21NO2/c1-11-4-3-9-16-15(11)18-14-7-5-13(6-8-14)10-12(2)17/h3-4,9,13-14H,5-8,10H2,1-2H3. The maximum atomic E-state index is 11.1. The first-order chi connectivity index (χ1) is 8.65. The van der Waals surface area contributed by atoms with E-state index in [9.17, 15) is 4.79 Å². The highest BCUT2D eigenvalue weighted by Crippen LogP contribution is 2.29. The van der Waals surface area contributed by atoms with Gasteiger partial charge >= 0.3 is 0 Å². The van der Waals surface area contributed by atoms with E-state index < -0.39 is 0 Å². The fourth-order valence-electron chi connectivity index (χ4n) is 2.61. The molecule has 1 aliphatic rings. The Hall–Kier alpha value is -1.38. The Balaban J connectivity index is 1.84. The molecule has 3 heteroatoms. The molecule has 1 aromatic heterocycles. The molecular formula is C15H21NO2. The fraction of sp³-hybridized carbons (Fsp3) is 0.600. The van der Waals surface area contributed by atoms with Gasteiger partial charge in [-0.25, -0.2) is 4.98 Å². The summed E-state index contributed by atoms with van der Waals surface area (Å²) in [6.45, 7) is 3.70. The molecule has 0 amide bonds. The number of ketones is 1. The summed E-state index contributed by atoms with van der Waals surface area (Å²) in [4.78, 5) is 15.4. The number of carbonyl (C=O) groups excluding carboxylic acids is 1. The number of Topliss-reactive ketones (excluding diaryl/α,β-unsaturated/α-hetero) is 1. The number of ether oxygens (including phenoxy) is 1. The molecule has 18 heavy (non-hydrogen) atoms. The largest absolute Gasteiger partial charge is 0.474 e. The number of hydrogen-bond donors (Lipinski definition) is 0. The van der Waals surface area contributed by atoms with E-state index in [2.05, 4.69) is 4.98 Å². The zero-order chi connectivity index (χ0) is 13.0. The number of rotatable bonds is 4. The molecule has 0 spiro atoms. The van der Waals surface area contributed by atoms with Gasteiger partial charge in [0, 0.05) is 18.2 Å². The Kier molecular flexibility index (Phi) is 4.34. The minimum Gasteiger partial charge on any atom is -0.474 e. The second-order valence-corrected chi connectivity index (χ2v) is 5.29. The summed E-state index contributed by atoms with van der Waals surface area (Å²) >= 11 is 0. The maximum Gasteiger partial charge on any atom is 0.216 e. The molecule has 0 aliphatic heterocycles. The first-order valence-electron chi connectivity index (χ1n) is 6.73. The van der Waals surface area contributed by atoms with Crippen LogP contribution in [0.2, 0.25) is 0 Å². The fourth-order valence-corrected chi connectivity index (χ4v) is 2.61. The van der Waals surface area contributed by atoms with Crippen molar-refractivity contribution in [3.63, 3.8) is 0 Å². The topological polar surface area (TPSA) is 39.2 Å². The van der Waals surface area contributed by atoms with Crippen molar-refractivity contribution in [2.24, 2.45) is 5.92 Å². The van der Waals surface area contributed by atoms with Gasteiger partial charge in [-0.3, -0.25) is 0 Å². The van der Waals surface area contributed by atoms with Crippen LogP contribution in [0.5, 0.6) is 5.88 Å². The predicted octanol–water partition coefficient (Wildman–Crippen LogP) is 3.31. The van der Waals surface area contributed by atoms with Crippen LogP contribution >= 0.6 is 0 Å². The SMILES string of the molecule is CC(=O)CC1CCC(Oc2ncccc2C)CC1. The highest BCUT2D eigenvalue weighted by atomic mass is 16.5. The highest BCUT2D eigenvalue weighted by Gasteiger charge is 2.23. The lowest BCUT2D eigenvalue weighted by molar-refractivity contribution is -0.118. The molecule has 98 valence electrons. The minimum atomic E-state index is 0.266. The normalized spacial score (nSPS) is 23.7. The number of nitrogens with zero attached hydrogens (tertiary/aromatic N) is 1. The van der Waals surface area contributed by atoms with Gasteiger partial charge in [0.1, 0.15) is 11.9 Å². The maximum absolute atomic E-state index is 11.1. The molecule has 1 saturated carbocycles. The number of hydrogen-bond acceptors (Lipinski definition) is 3. The van der Waals surface area contributed by atoms with Crippen molar-refractivity contribution in [2.75, 3.05) is 0 Å². The Labute approximate surface area is 109 Å². The van der Waals surface area contributed by atoms with Gasteiger partial charge in [-0.1, -0.05) is 6.07 Å². The number of pyridine rings is 1. The minimum absolute atomic E-state index is 0.266. The van der Waals surface area contributed by atoms with Gasteiger partial charge < -0.3 is 9.53 Å². The highest BCUT2D eigenvalue weighted by molar-refractivity contribution is 5.75. The van der Waals surface area contributed by atoms with Gasteiger partial charge in [-0.05, 0) is 51.5 Å². The van der Waals surface area contributed by atoms with E-state index in [0.717, 1.165) is 43.5 Å². The van der Waals surface area contributed by atoms with Crippen LogP contribution in [0, 0.1) is 12.8 Å². The third kappa shape index (κ3) is 3.56. The summed E-state index contributed by atoms with van der Waals surface area (Å²) in [6, 6.07) is 3.94. The lowest BCUT2D eigenvalue weighted by atomic mass is 9.84. The van der Waals surface area contributed by atoms with Crippen LogP contribution < -0.4 is 4.74 Å². The third-order valence-corrected chi connectivity index (χ3v) is 3.61. The zero-order valence-corrected chi connectivity index (χ0v) is 11.2. The van der Waals surface area contributed by atoms with Gasteiger partial charge in [0.2, 0.25) is 5.88 Å². The van der Waals surface area contributed by atoms with Crippen LogP contribution in [0.3, 0.4) is 0 Å². The van der Waals surface area contributed by atoms with E-state index in [-0.39, 0.29) is 6.10 Å². The Bertz CT molecular complexity index is 409. The van der Waals surface area contributed by atoms with Crippen molar-refractivity contribution in [3.8, 4) is 5.88 Å². The third-order valence-electron chi connectivity index (χ3n) is 3.61. The first-order valence-corrected chi connectivity index (χ1v) is 6.73. The molecule has 0 unspecified atom stereocenters. The molecule has 1 aromatic rings. The second kappa shape index (κ2) is 5.98. The first kappa shape index (κ1) is 13.1. The van der Waals surface area contributed by atoms with Gasteiger partial charge in [-0.15, -0.1) is 0 Å². The molecule has 1 fully saturated rings. The molecule has 0 saturated heterocycles. The predicted molar refractivity (Wildman–Crippen MR) is 70.6 cm³/mol. The Morgan fingerprint density at radius 3 is 2.72 bits per heavy atom. The molecule has 1 heterocycles. The van der Waals surface area contributed by atoms with Crippen LogP contribution in [0.1, 0.15) is 44.6 Å². The van der Waals surface area contributed by atoms with E-state index in [1.54, 1.807) is 13.1 Å². The second-order valence-electron chi connectivity index (χ2n) is 5.29. The van der Waals surface area contributed by atoms with Crippen LogP contribution in [0.25, 0.3) is 0 Å². The van der Waals surface area contributed by atoms with Crippen molar-refractivity contribution < 1.29 is 9.53 Å². The smallest absolute Gasteiger partial charge is 0.216 e. The van der Waals surface area contributed by atoms with Crippen molar-refractivity contribution >= 4 is 5.78 Å². The van der Waals surface area contributed by atoms with Crippen LogP contribution in [0.4, 0.5) is 0 Å². The Morgan fingerprint density at radius 2 is 2.11 bits per heavy atom. The lowest BCUT2D eigenvalue weighted by Crippen LogP contribution is -2.25. The van der Waals surface area contributed by atoms with Crippen molar-refractivity contribution in [3.05, 3.63) is 23.9 Å².